The third kappa shape index (κ3) is 4.62. The summed E-state index contributed by atoms with van der Waals surface area (Å²) in [6.07, 6.45) is 0. The highest BCUT2D eigenvalue weighted by Gasteiger charge is 2.10. The summed E-state index contributed by atoms with van der Waals surface area (Å²) in [7, 11) is 0. The van der Waals surface area contributed by atoms with Gasteiger partial charge in [0, 0.05) is 11.1 Å². The van der Waals surface area contributed by atoms with E-state index in [0.717, 1.165) is 5.56 Å². The molecule has 0 aliphatic heterocycles. The topological polar surface area (TPSA) is 41.1 Å². The quantitative estimate of drug-likeness (QED) is 0.796. The average Bonchev–Trinajstić information content (AvgIpc) is 2.50. The molecule has 0 aliphatic rings. The van der Waals surface area contributed by atoms with Crippen LogP contribution in [0.3, 0.4) is 0 Å². The van der Waals surface area contributed by atoms with Gasteiger partial charge in [0.1, 0.15) is 0 Å². The Labute approximate surface area is 144 Å². The van der Waals surface area contributed by atoms with Gasteiger partial charge in [0.25, 0.3) is 0 Å². The summed E-state index contributed by atoms with van der Waals surface area (Å²) < 4.78 is 0. The van der Waals surface area contributed by atoms with E-state index < -0.39 is 0 Å². The van der Waals surface area contributed by atoms with Crippen LogP contribution < -0.4 is 10.6 Å². The zero-order chi connectivity index (χ0) is 16.1. The fourth-order valence-electron chi connectivity index (χ4n) is 1.91. The molecule has 2 aromatic carbocycles. The number of rotatable bonds is 5. The van der Waals surface area contributed by atoms with Crippen LogP contribution in [-0.2, 0) is 4.79 Å². The van der Waals surface area contributed by atoms with E-state index in [1.165, 1.54) is 0 Å². The number of benzene rings is 2. The molecular weight excluding hydrogens is 343 g/mol. The standard InChI is InChI=1S/C16H15Cl3N2O/c1-10(11-5-7-12(17)8-6-11)20-9-15(22)21-14-4-2-3-13(18)16(14)19/h2-8,10,20H,9H2,1H3,(H,21,22)/t10-/m1/s1. The predicted molar refractivity (Wildman–Crippen MR) is 93.0 cm³/mol. The molecule has 0 aliphatic carbocycles. The first-order chi connectivity index (χ1) is 10.5. The van der Waals surface area contributed by atoms with Gasteiger partial charge in [-0.3, -0.25) is 4.79 Å². The molecule has 1 atom stereocenters. The number of carbonyl (C=O) groups excluding carboxylic acids is 1. The maximum atomic E-state index is 12.0. The Bertz CT molecular complexity index is 659. The molecule has 3 nitrogen and oxygen atoms in total. The van der Waals surface area contributed by atoms with Crippen molar-refractivity contribution in [3.8, 4) is 0 Å². The lowest BCUT2D eigenvalue weighted by Gasteiger charge is -2.14. The molecule has 0 bridgehead atoms. The monoisotopic (exact) mass is 356 g/mol. The van der Waals surface area contributed by atoms with Gasteiger partial charge >= 0.3 is 0 Å². The summed E-state index contributed by atoms with van der Waals surface area (Å²) in [6, 6.07) is 12.6. The van der Waals surface area contributed by atoms with Crippen LogP contribution >= 0.6 is 34.8 Å². The van der Waals surface area contributed by atoms with Crippen molar-refractivity contribution in [2.45, 2.75) is 13.0 Å². The lowest BCUT2D eigenvalue weighted by atomic mass is 10.1. The van der Waals surface area contributed by atoms with Crippen LogP contribution in [0.1, 0.15) is 18.5 Å². The number of anilines is 1. The number of carbonyl (C=O) groups is 1. The van der Waals surface area contributed by atoms with E-state index in [0.29, 0.717) is 20.8 Å². The van der Waals surface area contributed by atoms with Crippen molar-refractivity contribution in [2.24, 2.45) is 0 Å². The third-order valence-electron chi connectivity index (χ3n) is 3.16. The largest absolute Gasteiger partial charge is 0.324 e. The molecule has 2 aromatic rings. The molecule has 0 spiro atoms. The number of hydrogen-bond acceptors (Lipinski definition) is 2. The maximum Gasteiger partial charge on any atom is 0.238 e. The second-order valence-electron chi connectivity index (χ2n) is 4.80. The van der Waals surface area contributed by atoms with Crippen molar-refractivity contribution in [2.75, 3.05) is 11.9 Å². The number of nitrogens with one attached hydrogen (secondary N) is 2. The van der Waals surface area contributed by atoms with Crippen molar-refractivity contribution in [3.05, 3.63) is 63.1 Å². The van der Waals surface area contributed by atoms with Gasteiger partial charge in [0.05, 0.1) is 22.3 Å². The van der Waals surface area contributed by atoms with Crippen molar-refractivity contribution in [1.29, 1.82) is 0 Å². The van der Waals surface area contributed by atoms with E-state index in [4.69, 9.17) is 34.8 Å². The maximum absolute atomic E-state index is 12.0. The lowest BCUT2D eigenvalue weighted by molar-refractivity contribution is -0.115. The lowest BCUT2D eigenvalue weighted by Crippen LogP contribution is -2.30. The first kappa shape index (κ1) is 17.1. The van der Waals surface area contributed by atoms with E-state index in [9.17, 15) is 4.79 Å². The van der Waals surface area contributed by atoms with E-state index in [1.54, 1.807) is 18.2 Å². The molecule has 6 heteroatoms. The fourth-order valence-corrected chi connectivity index (χ4v) is 2.38. The first-order valence-corrected chi connectivity index (χ1v) is 7.83. The minimum absolute atomic E-state index is 0.0258. The molecule has 0 heterocycles. The summed E-state index contributed by atoms with van der Waals surface area (Å²) in [5.74, 6) is -0.190. The molecule has 116 valence electrons. The van der Waals surface area contributed by atoms with Crippen LogP contribution in [0, 0.1) is 0 Å². The normalized spacial score (nSPS) is 12.0. The van der Waals surface area contributed by atoms with E-state index in [1.807, 2.05) is 31.2 Å². The van der Waals surface area contributed by atoms with Crippen LogP contribution in [0.25, 0.3) is 0 Å². The predicted octanol–water partition coefficient (Wildman–Crippen LogP) is 4.94. The summed E-state index contributed by atoms with van der Waals surface area (Å²) in [6.45, 7) is 2.13. The Hall–Kier alpha value is -1.26. The van der Waals surface area contributed by atoms with Crippen molar-refractivity contribution in [1.82, 2.24) is 5.32 Å². The van der Waals surface area contributed by atoms with E-state index >= 15 is 0 Å². The van der Waals surface area contributed by atoms with Crippen molar-refractivity contribution < 1.29 is 4.79 Å². The summed E-state index contributed by atoms with van der Waals surface area (Å²) in [5.41, 5.74) is 1.55. The van der Waals surface area contributed by atoms with Gasteiger partial charge in [0.2, 0.25) is 5.91 Å². The zero-order valence-corrected chi connectivity index (χ0v) is 14.1. The molecule has 0 unspecified atom stereocenters. The van der Waals surface area contributed by atoms with Gasteiger partial charge < -0.3 is 10.6 Å². The highest BCUT2D eigenvalue weighted by Crippen LogP contribution is 2.29. The number of halogens is 3. The van der Waals surface area contributed by atoms with Crippen LogP contribution in [0.15, 0.2) is 42.5 Å². The van der Waals surface area contributed by atoms with Crippen LogP contribution in [0.4, 0.5) is 5.69 Å². The SMILES string of the molecule is C[C@@H](NCC(=O)Nc1cccc(Cl)c1Cl)c1ccc(Cl)cc1. The fraction of sp³-hybridized carbons (Fsp3) is 0.188. The second kappa shape index (κ2) is 7.84. The molecule has 0 aromatic heterocycles. The minimum Gasteiger partial charge on any atom is -0.324 e. The molecular formula is C16H15Cl3N2O. The number of hydrogen-bond donors (Lipinski definition) is 2. The minimum atomic E-state index is -0.190. The van der Waals surface area contributed by atoms with Gasteiger partial charge in [-0.05, 0) is 36.8 Å². The molecule has 0 saturated heterocycles. The molecule has 0 fully saturated rings. The van der Waals surface area contributed by atoms with Crippen molar-refractivity contribution in [3.63, 3.8) is 0 Å². The highest BCUT2D eigenvalue weighted by molar-refractivity contribution is 6.44. The average molecular weight is 358 g/mol. The molecule has 22 heavy (non-hydrogen) atoms. The number of amides is 1. The molecule has 0 saturated carbocycles. The molecule has 2 rings (SSSR count). The van der Waals surface area contributed by atoms with Gasteiger partial charge in [-0.1, -0.05) is 53.0 Å². The van der Waals surface area contributed by atoms with Crippen molar-refractivity contribution >= 4 is 46.4 Å². The van der Waals surface area contributed by atoms with E-state index in [-0.39, 0.29) is 18.5 Å². The Morgan fingerprint density at radius 1 is 1.09 bits per heavy atom. The van der Waals surface area contributed by atoms with Crippen LogP contribution in [0.2, 0.25) is 15.1 Å². The van der Waals surface area contributed by atoms with Crippen LogP contribution in [0.5, 0.6) is 0 Å². The highest BCUT2D eigenvalue weighted by atomic mass is 35.5. The Kier molecular flexibility index (Phi) is 6.09. The Balaban J connectivity index is 1.90. The Morgan fingerprint density at radius 2 is 1.77 bits per heavy atom. The van der Waals surface area contributed by atoms with Gasteiger partial charge in [-0.2, -0.15) is 0 Å². The summed E-state index contributed by atoms with van der Waals surface area (Å²) in [4.78, 5) is 12.0. The smallest absolute Gasteiger partial charge is 0.238 e. The van der Waals surface area contributed by atoms with Crippen LogP contribution in [-0.4, -0.2) is 12.5 Å². The Morgan fingerprint density at radius 3 is 2.45 bits per heavy atom. The zero-order valence-electron chi connectivity index (χ0n) is 11.9. The first-order valence-electron chi connectivity index (χ1n) is 6.70. The van der Waals surface area contributed by atoms with Gasteiger partial charge in [-0.25, -0.2) is 0 Å². The second-order valence-corrected chi connectivity index (χ2v) is 6.03. The van der Waals surface area contributed by atoms with Gasteiger partial charge in [-0.15, -0.1) is 0 Å². The van der Waals surface area contributed by atoms with Gasteiger partial charge in [0.15, 0.2) is 0 Å². The van der Waals surface area contributed by atoms with E-state index in [2.05, 4.69) is 10.6 Å². The molecule has 2 N–H and O–H groups in total. The molecule has 0 radical (unpaired) electrons. The molecule has 1 amide bonds. The third-order valence-corrected chi connectivity index (χ3v) is 4.24. The summed E-state index contributed by atoms with van der Waals surface area (Å²) in [5, 5.41) is 7.29. The summed E-state index contributed by atoms with van der Waals surface area (Å²) >= 11 is 17.8.